The predicted octanol–water partition coefficient (Wildman–Crippen LogP) is 2.88. The summed E-state index contributed by atoms with van der Waals surface area (Å²) in [7, 11) is -2.25. The van der Waals surface area contributed by atoms with Gasteiger partial charge < -0.3 is 10.1 Å². The molecule has 134 valence electrons. The highest BCUT2D eigenvalue weighted by Gasteiger charge is 2.16. The van der Waals surface area contributed by atoms with Crippen molar-refractivity contribution >= 4 is 21.6 Å². The van der Waals surface area contributed by atoms with Gasteiger partial charge in [0, 0.05) is 17.8 Å². The second-order valence-corrected chi connectivity index (χ2v) is 7.65. The molecule has 0 spiro atoms. The van der Waals surface area contributed by atoms with Crippen molar-refractivity contribution in [1.82, 2.24) is 5.32 Å². The molecular weight excluding hydrogens is 340 g/mol. The van der Waals surface area contributed by atoms with Gasteiger partial charge in [-0.05, 0) is 48.4 Å². The maximum atomic E-state index is 12.5. The molecule has 0 saturated carbocycles. The van der Waals surface area contributed by atoms with Crippen molar-refractivity contribution in [1.29, 1.82) is 0 Å². The van der Waals surface area contributed by atoms with Gasteiger partial charge in [0.2, 0.25) is 0 Å². The normalized spacial score (nSPS) is 11.2. The third kappa shape index (κ3) is 5.22. The summed E-state index contributed by atoms with van der Waals surface area (Å²) in [5.74, 6) is 0.648. The summed E-state index contributed by atoms with van der Waals surface area (Å²) < 4.78 is 32.6. The minimum absolute atomic E-state index is 0.0283. The summed E-state index contributed by atoms with van der Waals surface area (Å²) in [5, 5.41) is 2.77. The number of ether oxygens (including phenoxy) is 1. The van der Waals surface area contributed by atoms with E-state index in [2.05, 4.69) is 10.0 Å². The average Bonchev–Trinajstić information content (AvgIpc) is 2.60. The Balaban J connectivity index is 2.18. The maximum Gasteiger partial charge on any atom is 0.261 e. The van der Waals surface area contributed by atoms with Crippen LogP contribution in [-0.4, -0.2) is 28.0 Å². The monoisotopic (exact) mass is 362 g/mol. The van der Waals surface area contributed by atoms with Crippen molar-refractivity contribution in [2.45, 2.75) is 18.7 Å². The van der Waals surface area contributed by atoms with E-state index >= 15 is 0 Å². The number of anilines is 1. The third-order valence-corrected chi connectivity index (χ3v) is 4.80. The zero-order valence-corrected chi connectivity index (χ0v) is 15.3. The van der Waals surface area contributed by atoms with E-state index in [1.807, 2.05) is 13.8 Å². The first-order chi connectivity index (χ1) is 11.8. The van der Waals surface area contributed by atoms with Gasteiger partial charge >= 0.3 is 0 Å². The van der Waals surface area contributed by atoms with E-state index in [0.29, 0.717) is 29.5 Å². The van der Waals surface area contributed by atoms with Crippen LogP contribution in [-0.2, 0) is 10.0 Å². The molecule has 2 N–H and O–H groups in total. The first kappa shape index (κ1) is 18.8. The van der Waals surface area contributed by atoms with Crippen LogP contribution in [0.4, 0.5) is 5.69 Å². The SMILES string of the molecule is COc1ccc(NS(=O)(=O)c2cccc(C(=O)NCC(C)C)c2)cc1. The van der Waals surface area contributed by atoms with Gasteiger partial charge in [0.25, 0.3) is 15.9 Å². The summed E-state index contributed by atoms with van der Waals surface area (Å²) in [6, 6.07) is 12.5. The van der Waals surface area contributed by atoms with Crippen LogP contribution in [0.1, 0.15) is 24.2 Å². The molecule has 6 nitrogen and oxygen atoms in total. The summed E-state index contributed by atoms with van der Waals surface area (Å²) in [4.78, 5) is 12.1. The number of hydrogen-bond acceptors (Lipinski definition) is 4. The van der Waals surface area contributed by atoms with Crippen molar-refractivity contribution in [2.75, 3.05) is 18.4 Å². The van der Waals surface area contributed by atoms with E-state index in [-0.39, 0.29) is 10.8 Å². The van der Waals surface area contributed by atoms with Gasteiger partial charge in [0.05, 0.1) is 12.0 Å². The van der Waals surface area contributed by atoms with Crippen LogP contribution < -0.4 is 14.8 Å². The lowest BCUT2D eigenvalue weighted by atomic mass is 10.2. The number of hydrogen-bond donors (Lipinski definition) is 2. The van der Waals surface area contributed by atoms with Crippen molar-refractivity contribution in [3.63, 3.8) is 0 Å². The number of carbonyl (C=O) groups is 1. The molecule has 2 aromatic carbocycles. The molecule has 0 bridgehead atoms. The molecule has 0 aliphatic heterocycles. The van der Waals surface area contributed by atoms with Gasteiger partial charge in [-0.3, -0.25) is 9.52 Å². The molecule has 0 aliphatic rings. The molecule has 0 heterocycles. The van der Waals surface area contributed by atoms with Gasteiger partial charge in [0.1, 0.15) is 5.75 Å². The topological polar surface area (TPSA) is 84.5 Å². The fourth-order valence-electron chi connectivity index (χ4n) is 2.08. The molecule has 0 saturated heterocycles. The van der Waals surface area contributed by atoms with Gasteiger partial charge in [-0.15, -0.1) is 0 Å². The van der Waals surface area contributed by atoms with Crippen molar-refractivity contribution in [3.05, 3.63) is 54.1 Å². The highest BCUT2D eigenvalue weighted by Crippen LogP contribution is 2.20. The highest BCUT2D eigenvalue weighted by atomic mass is 32.2. The Morgan fingerprint density at radius 2 is 1.80 bits per heavy atom. The van der Waals surface area contributed by atoms with Crippen molar-refractivity contribution in [3.8, 4) is 5.75 Å². The van der Waals surface area contributed by atoms with E-state index in [9.17, 15) is 13.2 Å². The van der Waals surface area contributed by atoms with Crippen LogP contribution in [0.3, 0.4) is 0 Å². The standard InChI is InChI=1S/C18H22N2O4S/c1-13(2)12-19-18(21)14-5-4-6-17(11-14)25(22,23)20-15-7-9-16(24-3)10-8-15/h4-11,13,20H,12H2,1-3H3,(H,19,21). The Bertz CT molecular complexity index is 830. The Labute approximate surface area is 148 Å². The summed E-state index contributed by atoms with van der Waals surface area (Å²) in [6.45, 7) is 4.50. The molecule has 7 heteroatoms. The zero-order chi connectivity index (χ0) is 18.4. The molecule has 0 unspecified atom stereocenters. The second-order valence-electron chi connectivity index (χ2n) is 5.97. The molecule has 0 aromatic heterocycles. The number of amides is 1. The number of benzene rings is 2. The molecule has 0 fully saturated rings. The number of carbonyl (C=O) groups excluding carboxylic acids is 1. The second kappa shape index (κ2) is 8.02. The fourth-order valence-corrected chi connectivity index (χ4v) is 3.18. The average molecular weight is 362 g/mol. The quantitative estimate of drug-likeness (QED) is 0.793. The van der Waals surface area contributed by atoms with Crippen LogP contribution in [0.2, 0.25) is 0 Å². The number of rotatable bonds is 7. The number of methoxy groups -OCH3 is 1. The van der Waals surface area contributed by atoms with Crippen LogP contribution in [0.25, 0.3) is 0 Å². The Hall–Kier alpha value is -2.54. The molecule has 0 aliphatic carbocycles. The molecule has 0 atom stereocenters. The molecule has 1 amide bonds. The highest BCUT2D eigenvalue weighted by molar-refractivity contribution is 7.92. The first-order valence-corrected chi connectivity index (χ1v) is 9.35. The Morgan fingerprint density at radius 3 is 2.40 bits per heavy atom. The van der Waals surface area contributed by atoms with E-state index in [4.69, 9.17) is 4.74 Å². The third-order valence-electron chi connectivity index (χ3n) is 3.42. The summed E-state index contributed by atoms with van der Waals surface area (Å²) >= 11 is 0. The Morgan fingerprint density at radius 1 is 1.12 bits per heavy atom. The van der Waals surface area contributed by atoms with E-state index in [0.717, 1.165) is 0 Å². The number of nitrogens with one attached hydrogen (secondary N) is 2. The Kier molecular flexibility index (Phi) is 6.03. The van der Waals surface area contributed by atoms with Crippen LogP contribution in [0, 0.1) is 5.92 Å². The van der Waals surface area contributed by atoms with Crippen LogP contribution in [0.15, 0.2) is 53.4 Å². The minimum Gasteiger partial charge on any atom is -0.497 e. The van der Waals surface area contributed by atoms with Crippen molar-refractivity contribution < 1.29 is 17.9 Å². The smallest absolute Gasteiger partial charge is 0.261 e. The molecule has 0 radical (unpaired) electrons. The van der Waals surface area contributed by atoms with Crippen LogP contribution in [0.5, 0.6) is 5.75 Å². The minimum atomic E-state index is -3.79. The van der Waals surface area contributed by atoms with Gasteiger partial charge in [-0.2, -0.15) is 0 Å². The fraction of sp³-hybridized carbons (Fsp3) is 0.278. The lowest BCUT2D eigenvalue weighted by Gasteiger charge is -2.11. The van der Waals surface area contributed by atoms with Gasteiger partial charge in [0.15, 0.2) is 0 Å². The maximum absolute atomic E-state index is 12.5. The van der Waals surface area contributed by atoms with Crippen molar-refractivity contribution in [2.24, 2.45) is 5.92 Å². The molecule has 2 rings (SSSR count). The number of sulfonamides is 1. The molecular formula is C18H22N2O4S. The van der Waals surface area contributed by atoms with E-state index < -0.39 is 10.0 Å². The summed E-state index contributed by atoms with van der Waals surface area (Å²) in [6.07, 6.45) is 0. The zero-order valence-electron chi connectivity index (χ0n) is 14.4. The van der Waals surface area contributed by atoms with Gasteiger partial charge in [-0.1, -0.05) is 19.9 Å². The van der Waals surface area contributed by atoms with E-state index in [1.54, 1.807) is 36.4 Å². The first-order valence-electron chi connectivity index (χ1n) is 7.87. The lowest BCUT2D eigenvalue weighted by molar-refractivity contribution is 0.0949. The summed E-state index contributed by atoms with van der Waals surface area (Å²) in [5.41, 5.74) is 0.716. The van der Waals surface area contributed by atoms with E-state index in [1.165, 1.54) is 19.2 Å². The predicted molar refractivity (Wildman–Crippen MR) is 97.4 cm³/mol. The molecule has 2 aromatic rings. The van der Waals surface area contributed by atoms with Crippen LogP contribution >= 0.6 is 0 Å². The van der Waals surface area contributed by atoms with Gasteiger partial charge in [-0.25, -0.2) is 8.42 Å². The molecule has 25 heavy (non-hydrogen) atoms. The largest absolute Gasteiger partial charge is 0.497 e. The lowest BCUT2D eigenvalue weighted by Crippen LogP contribution is -2.27.